The molecule has 0 bridgehead atoms. The number of ether oxygens (including phenoxy) is 2. The van der Waals surface area contributed by atoms with Gasteiger partial charge in [0.2, 0.25) is 0 Å². The number of carbonyl (C=O) groups is 3. The summed E-state index contributed by atoms with van der Waals surface area (Å²) in [6, 6.07) is 11.2. The molecule has 0 heterocycles. The Kier molecular flexibility index (Phi) is 9.13. The highest BCUT2D eigenvalue weighted by Crippen LogP contribution is 2.33. The third-order valence-electron chi connectivity index (χ3n) is 6.03. The molecule has 8 nitrogen and oxygen atoms in total. The Morgan fingerprint density at radius 2 is 1.24 bits per heavy atom. The minimum Gasteiger partial charge on any atom is -0.478 e. The number of nitrogens with one attached hydrogen (secondary N) is 2. The number of carbonyl (C=O) groups excluding carboxylic acids is 2. The van der Waals surface area contributed by atoms with Crippen molar-refractivity contribution < 1.29 is 29.0 Å². The lowest BCUT2D eigenvalue weighted by atomic mass is 10.0. The summed E-state index contributed by atoms with van der Waals surface area (Å²) in [5, 5.41) is 14.7. The van der Waals surface area contributed by atoms with E-state index in [2.05, 4.69) is 38.7 Å². The molecule has 206 valence electrons. The normalized spacial score (nSPS) is 17.9. The molecule has 9 heteroatoms. The van der Waals surface area contributed by atoms with Crippen LogP contribution in [0.4, 0.5) is 9.59 Å². The van der Waals surface area contributed by atoms with Crippen molar-refractivity contribution in [3.05, 3.63) is 68.7 Å². The van der Waals surface area contributed by atoms with Crippen molar-refractivity contribution >= 4 is 34.1 Å². The van der Waals surface area contributed by atoms with Crippen LogP contribution in [-0.2, 0) is 22.3 Å². The maximum Gasteiger partial charge on any atom is 0.408 e. The standard InChI is InChI=1S/C15H19NO4.C14H18BrNO2/c1-15(2,3)20-14(19)16-12-7-5-9-8-10(13(17)18)4-6-11(9)12;1-14(2,3)18-13(17)16-12-7-4-9-8-10(15)5-6-11(9)12/h4,6,8,12H,5,7H2,1-3H3,(H,16,19)(H,17,18);5-6,8,12H,4,7H2,1-3H3,(H,16,17)/t2*12-/m11/s1. The molecule has 0 spiro atoms. The first-order valence-corrected chi connectivity index (χ1v) is 13.5. The molecule has 38 heavy (non-hydrogen) atoms. The zero-order valence-corrected chi connectivity index (χ0v) is 24.4. The molecule has 2 aromatic rings. The van der Waals surface area contributed by atoms with E-state index in [1.807, 2.05) is 47.6 Å². The number of aryl methyl sites for hydroxylation is 2. The van der Waals surface area contributed by atoms with Crippen LogP contribution in [0.3, 0.4) is 0 Å². The van der Waals surface area contributed by atoms with Crippen molar-refractivity contribution in [1.29, 1.82) is 0 Å². The first-order chi connectivity index (χ1) is 17.6. The molecule has 0 aromatic heterocycles. The van der Waals surface area contributed by atoms with Gasteiger partial charge in [0.15, 0.2) is 0 Å². The van der Waals surface area contributed by atoms with E-state index >= 15 is 0 Å². The molecule has 2 aromatic carbocycles. The molecule has 2 aliphatic rings. The van der Waals surface area contributed by atoms with Gasteiger partial charge in [-0.2, -0.15) is 0 Å². The van der Waals surface area contributed by atoms with Gasteiger partial charge in [0.25, 0.3) is 0 Å². The molecule has 2 aliphatic carbocycles. The van der Waals surface area contributed by atoms with Crippen molar-refractivity contribution in [3.8, 4) is 0 Å². The number of fused-ring (bicyclic) bond motifs is 2. The Labute approximate surface area is 232 Å². The SMILES string of the molecule is CC(C)(C)OC(=O)N[C@@H]1CCc2cc(Br)ccc21.CC(C)(C)OC(=O)N[C@@H]1CCc2cc(C(=O)O)ccc21. The summed E-state index contributed by atoms with van der Waals surface area (Å²) in [5.41, 5.74) is 3.74. The van der Waals surface area contributed by atoms with Crippen LogP contribution in [0.1, 0.15) is 99.1 Å². The molecule has 3 N–H and O–H groups in total. The molecule has 0 saturated carbocycles. The molecule has 0 aliphatic heterocycles. The Balaban J connectivity index is 0.000000212. The molecule has 0 unspecified atom stereocenters. The number of halogens is 1. The number of hydrogen-bond acceptors (Lipinski definition) is 5. The van der Waals surface area contributed by atoms with Crippen LogP contribution in [-0.4, -0.2) is 34.5 Å². The van der Waals surface area contributed by atoms with Crippen LogP contribution in [0.2, 0.25) is 0 Å². The zero-order chi connectivity index (χ0) is 28.3. The molecule has 2 atom stereocenters. The summed E-state index contributed by atoms with van der Waals surface area (Å²) >= 11 is 3.46. The highest BCUT2D eigenvalue weighted by molar-refractivity contribution is 9.10. The Morgan fingerprint density at radius 1 is 0.789 bits per heavy atom. The summed E-state index contributed by atoms with van der Waals surface area (Å²) in [6.07, 6.45) is 2.66. The fourth-order valence-electron chi connectivity index (χ4n) is 4.54. The van der Waals surface area contributed by atoms with Gasteiger partial charge in [-0.15, -0.1) is 0 Å². The van der Waals surface area contributed by atoms with Crippen LogP contribution in [0.25, 0.3) is 0 Å². The fraction of sp³-hybridized carbons (Fsp3) is 0.483. The lowest BCUT2D eigenvalue weighted by Crippen LogP contribution is -2.34. The van der Waals surface area contributed by atoms with Crippen molar-refractivity contribution in [2.45, 2.75) is 90.5 Å². The number of alkyl carbamates (subject to hydrolysis) is 2. The average molecular weight is 590 g/mol. The predicted molar refractivity (Wildman–Crippen MR) is 148 cm³/mol. The number of hydrogen-bond donors (Lipinski definition) is 3. The fourth-order valence-corrected chi connectivity index (χ4v) is 4.94. The maximum absolute atomic E-state index is 11.8. The van der Waals surface area contributed by atoms with Gasteiger partial charge in [0, 0.05) is 4.47 Å². The first kappa shape index (κ1) is 29.5. The van der Waals surface area contributed by atoms with Gasteiger partial charge >= 0.3 is 18.2 Å². The van der Waals surface area contributed by atoms with Crippen LogP contribution < -0.4 is 10.6 Å². The number of carboxylic acid groups (broad SMARTS) is 1. The number of amides is 2. The van der Waals surface area contributed by atoms with Gasteiger partial charge in [-0.1, -0.05) is 28.1 Å². The molecule has 4 rings (SSSR count). The summed E-state index contributed by atoms with van der Waals surface area (Å²) in [5.74, 6) is -0.934. The Morgan fingerprint density at radius 3 is 1.68 bits per heavy atom. The van der Waals surface area contributed by atoms with E-state index in [0.717, 1.165) is 41.3 Å². The zero-order valence-electron chi connectivity index (χ0n) is 22.8. The third kappa shape index (κ3) is 8.48. The van der Waals surface area contributed by atoms with Crippen LogP contribution >= 0.6 is 15.9 Å². The van der Waals surface area contributed by atoms with Gasteiger partial charge in [0.1, 0.15) is 11.2 Å². The maximum atomic E-state index is 11.8. The summed E-state index contributed by atoms with van der Waals surface area (Å²) < 4.78 is 11.6. The van der Waals surface area contributed by atoms with Crippen molar-refractivity contribution in [2.24, 2.45) is 0 Å². The van der Waals surface area contributed by atoms with Crippen molar-refractivity contribution in [2.75, 3.05) is 0 Å². The van der Waals surface area contributed by atoms with E-state index in [9.17, 15) is 14.4 Å². The second-order valence-corrected chi connectivity index (χ2v) is 12.5. The molecule has 0 radical (unpaired) electrons. The predicted octanol–water partition coefficient (Wildman–Crippen LogP) is 6.86. The van der Waals surface area contributed by atoms with Crippen LogP contribution in [0, 0.1) is 0 Å². The van der Waals surface area contributed by atoms with Crippen LogP contribution in [0.15, 0.2) is 40.9 Å². The topological polar surface area (TPSA) is 114 Å². The highest BCUT2D eigenvalue weighted by atomic mass is 79.9. The van der Waals surface area contributed by atoms with E-state index < -0.39 is 23.3 Å². The second kappa shape index (κ2) is 11.8. The van der Waals surface area contributed by atoms with E-state index in [1.54, 1.807) is 18.2 Å². The van der Waals surface area contributed by atoms with E-state index in [4.69, 9.17) is 14.6 Å². The van der Waals surface area contributed by atoms with Gasteiger partial charge in [-0.05, 0) is 114 Å². The largest absolute Gasteiger partial charge is 0.478 e. The van der Waals surface area contributed by atoms with Crippen molar-refractivity contribution in [3.63, 3.8) is 0 Å². The van der Waals surface area contributed by atoms with Gasteiger partial charge in [0.05, 0.1) is 17.6 Å². The minimum absolute atomic E-state index is 0.0722. The molecule has 0 fully saturated rings. The van der Waals surface area contributed by atoms with Crippen LogP contribution in [0.5, 0.6) is 0 Å². The summed E-state index contributed by atoms with van der Waals surface area (Å²) in [4.78, 5) is 34.4. The lowest BCUT2D eigenvalue weighted by molar-refractivity contribution is 0.0492. The third-order valence-corrected chi connectivity index (χ3v) is 6.53. The monoisotopic (exact) mass is 588 g/mol. The molecule has 0 saturated heterocycles. The average Bonchev–Trinajstić information content (AvgIpc) is 3.34. The number of carboxylic acids is 1. The van der Waals surface area contributed by atoms with E-state index in [-0.39, 0.29) is 23.7 Å². The second-order valence-electron chi connectivity index (χ2n) is 11.5. The summed E-state index contributed by atoms with van der Waals surface area (Å²) in [7, 11) is 0. The molecular formula is C29H37BrN2O6. The molecular weight excluding hydrogens is 552 g/mol. The van der Waals surface area contributed by atoms with E-state index in [1.165, 1.54) is 11.1 Å². The Bertz CT molecular complexity index is 1200. The Hall–Kier alpha value is -3.07. The van der Waals surface area contributed by atoms with Gasteiger partial charge in [-0.25, -0.2) is 14.4 Å². The smallest absolute Gasteiger partial charge is 0.408 e. The quantitative estimate of drug-likeness (QED) is 0.361. The summed E-state index contributed by atoms with van der Waals surface area (Å²) in [6.45, 7) is 11.0. The van der Waals surface area contributed by atoms with Crippen molar-refractivity contribution in [1.82, 2.24) is 10.6 Å². The first-order valence-electron chi connectivity index (χ1n) is 12.7. The van der Waals surface area contributed by atoms with Gasteiger partial charge in [-0.3, -0.25) is 0 Å². The lowest BCUT2D eigenvalue weighted by Gasteiger charge is -2.22. The number of benzene rings is 2. The highest BCUT2D eigenvalue weighted by Gasteiger charge is 2.28. The number of rotatable bonds is 3. The van der Waals surface area contributed by atoms with Gasteiger partial charge < -0.3 is 25.2 Å². The number of aromatic carboxylic acids is 1. The minimum atomic E-state index is -0.934. The molecule has 2 amide bonds. The van der Waals surface area contributed by atoms with E-state index in [0.29, 0.717) is 0 Å².